The molecule has 0 atom stereocenters. The topological polar surface area (TPSA) is 92.2 Å². The Bertz CT molecular complexity index is 232. The fourth-order valence-electron chi connectivity index (χ4n) is 0.810. The van der Waals surface area contributed by atoms with Crippen molar-refractivity contribution in [2.45, 2.75) is 0 Å². The summed E-state index contributed by atoms with van der Waals surface area (Å²) in [6.45, 7) is 0. The molecule has 4 nitrogen and oxygen atoms in total. The third kappa shape index (κ3) is 10.0. The number of hydrogen-bond donors (Lipinski definition) is 0. The molecule has 10 heteroatoms. The zero-order valence-corrected chi connectivity index (χ0v) is 18.1. The minimum atomic E-state index is -2.06. The van der Waals surface area contributed by atoms with Gasteiger partial charge in [-0.25, -0.2) is 0 Å². The predicted octanol–water partition coefficient (Wildman–Crippen LogP) is -17.5. The molecule has 0 aliphatic rings. The molecule has 1 aromatic carbocycles. The Balaban J connectivity index is -0.000000180. The molecule has 0 amide bonds. The zero-order valence-electron chi connectivity index (χ0n) is 10.1. The summed E-state index contributed by atoms with van der Waals surface area (Å²) >= 11 is 0. The van der Waals surface area contributed by atoms with E-state index in [9.17, 15) is 20.1 Å². The van der Waals surface area contributed by atoms with Gasteiger partial charge in [-0.3, -0.25) is 0 Å². The summed E-state index contributed by atoms with van der Waals surface area (Å²) in [5, 5.41) is 41.2. The fraction of sp³-hybridized carbons (Fsp3) is 0. The number of hydrogen-bond acceptors (Lipinski definition) is 4. The van der Waals surface area contributed by atoms with Crippen molar-refractivity contribution in [3.63, 3.8) is 0 Å². The van der Waals surface area contributed by atoms with Crippen molar-refractivity contribution in [3.8, 4) is 0 Å². The first-order valence-corrected chi connectivity index (χ1v) is 3.34. The van der Waals surface area contributed by atoms with Gasteiger partial charge in [0, 0.05) is 0 Å². The summed E-state index contributed by atoms with van der Waals surface area (Å²) in [5.74, 6) is 0. The van der Waals surface area contributed by atoms with Crippen LogP contribution in [0.4, 0.5) is 0 Å². The van der Waals surface area contributed by atoms with E-state index < -0.39 is 14.2 Å². The van der Waals surface area contributed by atoms with Crippen LogP contribution in [0.5, 0.6) is 0 Å². The van der Waals surface area contributed by atoms with E-state index in [0.717, 1.165) is 0 Å². The molecule has 0 spiro atoms. The van der Waals surface area contributed by atoms with Crippen LogP contribution in [-0.2, 0) is 0 Å². The monoisotopic (exact) mass is 254 g/mol. The van der Waals surface area contributed by atoms with Crippen molar-refractivity contribution in [1.29, 1.82) is 0 Å². The van der Waals surface area contributed by atoms with Crippen LogP contribution in [-0.4, -0.2) is 14.2 Å². The summed E-state index contributed by atoms with van der Waals surface area (Å²) in [7, 11) is -4.12. The zero-order chi connectivity index (χ0) is 9.14. The largest absolute Gasteiger partial charge is 1.00 e. The van der Waals surface area contributed by atoms with E-state index in [1.54, 1.807) is 0 Å². The normalized spacial score (nSPS) is 7.25. The first kappa shape index (κ1) is 27.5. The third-order valence-corrected chi connectivity index (χ3v) is 1.48. The van der Waals surface area contributed by atoms with Gasteiger partial charge in [-0.05, 0) is 0 Å². The van der Waals surface area contributed by atoms with Crippen LogP contribution in [0.2, 0.25) is 0 Å². The summed E-state index contributed by atoms with van der Waals surface area (Å²) in [4.78, 5) is 0. The van der Waals surface area contributed by atoms with E-state index in [-0.39, 0.29) is 129 Å². The summed E-state index contributed by atoms with van der Waals surface area (Å²) in [6.07, 6.45) is 0. The van der Waals surface area contributed by atoms with Crippen molar-refractivity contribution >= 4 is 25.2 Å². The van der Waals surface area contributed by atoms with E-state index in [4.69, 9.17) is 0 Å². The van der Waals surface area contributed by atoms with Crippen LogP contribution >= 0.6 is 0 Å². The van der Waals surface area contributed by atoms with E-state index in [0.29, 0.717) is 0 Å². The molecule has 0 unspecified atom stereocenters. The second-order valence-corrected chi connectivity index (χ2v) is 2.33. The van der Waals surface area contributed by atoms with Crippen LogP contribution < -0.4 is 149 Å². The molecular weight excluding hydrogens is 250 g/mol. The third-order valence-electron chi connectivity index (χ3n) is 1.48. The first-order chi connectivity index (χ1) is 5.61. The second kappa shape index (κ2) is 14.6. The molecule has 0 heterocycles. The molecule has 62 valence electrons. The predicted molar refractivity (Wildman–Crippen MR) is 37.2 cm³/mol. The van der Waals surface area contributed by atoms with Crippen molar-refractivity contribution < 1.29 is 138 Å². The van der Waals surface area contributed by atoms with Gasteiger partial charge in [0.15, 0.2) is 0 Å². The molecule has 0 saturated carbocycles. The quantitative estimate of drug-likeness (QED) is 0.489. The van der Waals surface area contributed by atoms with E-state index in [1.807, 2.05) is 0 Å². The smallest absolute Gasteiger partial charge is 0.889 e. The van der Waals surface area contributed by atoms with E-state index in [1.165, 1.54) is 24.3 Å². The Morgan fingerprint density at radius 3 is 0.875 bits per heavy atom. The van der Waals surface area contributed by atoms with Gasteiger partial charge < -0.3 is 20.1 Å². The Hall–Kier alpha value is 3.19. The Morgan fingerprint density at radius 1 is 0.562 bits per heavy atom. The van der Waals surface area contributed by atoms with Crippen LogP contribution in [0.25, 0.3) is 0 Å². The molecule has 0 N–H and O–H groups in total. The van der Waals surface area contributed by atoms with Crippen LogP contribution in [0, 0.1) is 0 Å². The standard InChI is InChI=1S/C6H4B2O4.4Na/c9-7(10)5-1-2-6(4-3-5)8(11)12;;;;/h1-4H;;;;/q-4;4*+1. The molecule has 0 aliphatic heterocycles. The molecule has 0 fully saturated rings. The summed E-state index contributed by atoms with van der Waals surface area (Å²) in [6, 6.07) is 4.84. The summed E-state index contributed by atoms with van der Waals surface area (Å²) < 4.78 is 0. The van der Waals surface area contributed by atoms with Crippen LogP contribution in [0.15, 0.2) is 24.3 Å². The van der Waals surface area contributed by atoms with Gasteiger partial charge in [0.05, 0.1) is 0 Å². The molecule has 0 aliphatic carbocycles. The molecule has 0 bridgehead atoms. The van der Waals surface area contributed by atoms with Gasteiger partial charge in [-0.2, -0.15) is 0 Å². The molecule has 0 aromatic heterocycles. The molecule has 0 saturated heterocycles. The molecular formula is C6H4B2Na4O4. The van der Waals surface area contributed by atoms with Crippen LogP contribution in [0.3, 0.4) is 0 Å². The number of rotatable bonds is 2. The first-order valence-electron chi connectivity index (χ1n) is 3.34. The molecule has 1 rings (SSSR count). The fourth-order valence-corrected chi connectivity index (χ4v) is 0.810. The molecule has 1 aromatic rings. The van der Waals surface area contributed by atoms with Crippen molar-refractivity contribution in [2.75, 3.05) is 0 Å². The van der Waals surface area contributed by atoms with E-state index in [2.05, 4.69) is 0 Å². The van der Waals surface area contributed by atoms with Crippen LogP contribution in [0.1, 0.15) is 0 Å². The number of benzene rings is 1. The maximum atomic E-state index is 10.3. The van der Waals surface area contributed by atoms with Gasteiger partial charge in [0.25, 0.3) is 0 Å². The van der Waals surface area contributed by atoms with Gasteiger partial charge in [0.2, 0.25) is 0 Å². The van der Waals surface area contributed by atoms with Crippen molar-refractivity contribution in [3.05, 3.63) is 24.3 Å². The van der Waals surface area contributed by atoms with Crippen molar-refractivity contribution in [2.24, 2.45) is 0 Å². The molecule has 0 radical (unpaired) electrons. The average molecular weight is 254 g/mol. The maximum absolute atomic E-state index is 10.3. The van der Waals surface area contributed by atoms with Gasteiger partial charge >= 0.3 is 118 Å². The second-order valence-electron chi connectivity index (χ2n) is 2.33. The average Bonchev–Trinajstić information content (AvgIpc) is 2.04. The van der Waals surface area contributed by atoms with Gasteiger partial charge in [0.1, 0.15) is 0 Å². The minimum absolute atomic E-state index is 0. The Morgan fingerprint density at radius 2 is 0.750 bits per heavy atom. The summed E-state index contributed by atoms with van der Waals surface area (Å²) in [5.41, 5.74) is 0.0822. The van der Waals surface area contributed by atoms with E-state index >= 15 is 0 Å². The molecule has 16 heavy (non-hydrogen) atoms. The van der Waals surface area contributed by atoms with Crippen molar-refractivity contribution in [1.82, 2.24) is 0 Å². The SMILES string of the molecule is [Na+].[Na+].[Na+].[Na+].[O-]B([O-])c1ccc(B([O-])[O-])cc1. The minimum Gasteiger partial charge on any atom is -0.889 e. The Kier molecular flexibility index (Phi) is 25.1. The van der Waals surface area contributed by atoms with Gasteiger partial charge in [-0.1, -0.05) is 38.5 Å². The van der Waals surface area contributed by atoms with Gasteiger partial charge in [-0.15, -0.1) is 10.9 Å². The maximum Gasteiger partial charge on any atom is 1.00 e. The Labute approximate surface area is 184 Å².